The zero-order valence-electron chi connectivity index (χ0n) is 12.2. The molecule has 3 rings (SSSR count). The molecule has 21 heavy (non-hydrogen) atoms. The van der Waals surface area contributed by atoms with Crippen LogP contribution in [0.25, 0.3) is 0 Å². The molecule has 0 spiro atoms. The van der Waals surface area contributed by atoms with Crippen molar-refractivity contribution in [1.29, 1.82) is 0 Å². The maximum absolute atomic E-state index is 6.67. The van der Waals surface area contributed by atoms with Gasteiger partial charge in [-0.3, -0.25) is 4.90 Å². The van der Waals surface area contributed by atoms with Gasteiger partial charge in [0.2, 0.25) is 0 Å². The van der Waals surface area contributed by atoms with Gasteiger partial charge in [-0.2, -0.15) is 0 Å². The highest BCUT2D eigenvalue weighted by atomic mass is 35.5. The molecule has 1 atom stereocenters. The second kappa shape index (κ2) is 6.08. The number of anilines is 1. The number of nitrogens with zero attached hydrogens (tertiary/aromatic N) is 2. The molecular formula is C15H23ClN4O. The van der Waals surface area contributed by atoms with Crippen LogP contribution in [0.15, 0.2) is 12.3 Å². The number of aromatic nitrogens is 1. The van der Waals surface area contributed by atoms with Gasteiger partial charge >= 0.3 is 0 Å². The summed E-state index contributed by atoms with van der Waals surface area (Å²) in [6.07, 6.45) is 6.18. The van der Waals surface area contributed by atoms with Crippen molar-refractivity contribution in [2.75, 3.05) is 32.0 Å². The van der Waals surface area contributed by atoms with Crippen LogP contribution in [0.4, 0.5) is 5.82 Å². The van der Waals surface area contributed by atoms with Crippen LogP contribution in [-0.2, 0) is 4.74 Å². The molecule has 1 aromatic rings. The van der Waals surface area contributed by atoms with Gasteiger partial charge < -0.3 is 16.2 Å². The number of hydrogen-bond donors (Lipinski definition) is 2. The van der Waals surface area contributed by atoms with Gasteiger partial charge in [-0.15, -0.1) is 0 Å². The molecule has 4 N–H and O–H groups in total. The van der Waals surface area contributed by atoms with Gasteiger partial charge in [0.1, 0.15) is 5.82 Å². The van der Waals surface area contributed by atoms with Crippen LogP contribution in [0, 0.1) is 0 Å². The minimum atomic E-state index is -0.163. The summed E-state index contributed by atoms with van der Waals surface area (Å²) >= 11 is 6.09. The normalized spacial score (nSPS) is 24.1. The monoisotopic (exact) mass is 310 g/mol. The van der Waals surface area contributed by atoms with Gasteiger partial charge in [-0.05, 0) is 18.9 Å². The second-order valence-corrected chi connectivity index (χ2v) is 6.45. The van der Waals surface area contributed by atoms with Crippen molar-refractivity contribution < 1.29 is 4.74 Å². The average molecular weight is 311 g/mol. The first kappa shape index (κ1) is 15.0. The number of pyridine rings is 1. The average Bonchev–Trinajstić information content (AvgIpc) is 3.01. The highest BCUT2D eigenvalue weighted by molar-refractivity contribution is 6.30. The lowest BCUT2D eigenvalue weighted by Gasteiger charge is -2.47. The molecule has 116 valence electrons. The fourth-order valence-electron chi connectivity index (χ4n) is 3.82. The van der Waals surface area contributed by atoms with E-state index in [1.54, 1.807) is 6.20 Å². The lowest BCUT2D eigenvalue weighted by atomic mass is 9.82. The van der Waals surface area contributed by atoms with Gasteiger partial charge in [0.25, 0.3) is 0 Å². The number of ether oxygens (including phenoxy) is 1. The summed E-state index contributed by atoms with van der Waals surface area (Å²) in [6.45, 7) is 3.42. The summed E-state index contributed by atoms with van der Waals surface area (Å²) in [7, 11) is 0. The van der Waals surface area contributed by atoms with Crippen molar-refractivity contribution in [3.05, 3.63) is 22.8 Å². The Morgan fingerprint density at radius 2 is 1.95 bits per heavy atom. The van der Waals surface area contributed by atoms with Gasteiger partial charge in [0, 0.05) is 30.4 Å². The van der Waals surface area contributed by atoms with Crippen molar-refractivity contribution in [1.82, 2.24) is 9.88 Å². The standard InChI is InChI=1S/C15H23ClN4O/c16-11-9-12(14(18)19-10-11)13(17)15(3-1-2-4-15)20-5-7-21-8-6-20/h9-10,13H,1-8,17H2,(H2,18,19). The van der Waals surface area contributed by atoms with Gasteiger partial charge in [-0.25, -0.2) is 4.98 Å². The molecule has 2 aliphatic rings. The first-order valence-corrected chi connectivity index (χ1v) is 8.00. The second-order valence-electron chi connectivity index (χ2n) is 6.02. The minimum absolute atomic E-state index is 0.0374. The van der Waals surface area contributed by atoms with Crippen LogP contribution in [0.3, 0.4) is 0 Å². The molecule has 2 fully saturated rings. The van der Waals surface area contributed by atoms with Crippen LogP contribution >= 0.6 is 11.6 Å². The third-order valence-corrected chi connectivity index (χ3v) is 5.15. The number of hydrogen-bond acceptors (Lipinski definition) is 5. The summed E-state index contributed by atoms with van der Waals surface area (Å²) in [6, 6.07) is 1.71. The van der Waals surface area contributed by atoms with E-state index in [9.17, 15) is 0 Å². The van der Waals surface area contributed by atoms with E-state index in [1.165, 1.54) is 12.8 Å². The van der Waals surface area contributed by atoms with Crippen LogP contribution < -0.4 is 11.5 Å². The summed E-state index contributed by atoms with van der Waals surface area (Å²) in [5, 5.41) is 0.588. The Morgan fingerprint density at radius 1 is 1.29 bits per heavy atom. The third-order valence-electron chi connectivity index (χ3n) is 4.94. The number of rotatable bonds is 3. The molecule has 0 radical (unpaired) electrons. The van der Waals surface area contributed by atoms with E-state index < -0.39 is 0 Å². The van der Waals surface area contributed by atoms with E-state index >= 15 is 0 Å². The van der Waals surface area contributed by atoms with Crippen molar-refractivity contribution in [3.63, 3.8) is 0 Å². The number of nitrogen functional groups attached to an aromatic ring is 1. The predicted molar refractivity (Wildman–Crippen MR) is 84.2 cm³/mol. The molecule has 1 aliphatic carbocycles. The minimum Gasteiger partial charge on any atom is -0.383 e. The van der Waals surface area contributed by atoms with E-state index in [1.807, 2.05) is 6.07 Å². The van der Waals surface area contributed by atoms with E-state index in [4.69, 9.17) is 27.8 Å². The van der Waals surface area contributed by atoms with E-state index in [-0.39, 0.29) is 11.6 Å². The van der Waals surface area contributed by atoms with E-state index in [0.29, 0.717) is 10.8 Å². The first-order chi connectivity index (χ1) is 10.1. The summed E-state index contributed by atoms with van der Waals surface area (Å²) in [5.41, 5.74) is 13.6. The largest absolute Gasteiger partial charge is 0.383 e. The molecular weight excluding hydrogens is 288 g/mol. The Labute approximate surface area is 130 Å². The SMILES string of the molecule is Nc1ncc(Cl)cc1C(N)C1(N2CCOCC2)CCCC1. The highest BCUT2D eigenvalue weighted by Gasteiger charge is 2.46. The van der Waals surface area contributed by atoms with Crippen molar-refractivity contribution in [3.8, 4) is 0 Å². The molecule has 1 aromatic heterocycles. The maximum atomic E-state index is 6.67. The molecule has 0 aromatic carbocycles. The molecule has 1 unspecified atom stereocenters. The van der Waals surface area contributed by atoms with Crippen molar-refractivity contribution in [2.24, 2.45) is 5.73 Å². The van der Waals surface area contributed by atoms with Gasteiger partial charge in [0.15, 0.2) is 0 Å². The summed E-state index contributed by atoms with van der Waals surface area (Å²) in [4.78, 5) is 6.66. The summed E-state index contributed by atoms with van der Waals surface area (Å²) in [5.74, 6) is 0.492. The fraction of sp³-hybridized carbons (Fsp3) is 0.667. The van der Waals surface area contributed by atoms with Crippen LogP contribution in [-0.4, -0.2) is 41.7 Å². The zero-order valence-corrected chi connectivity index (χ0v) is 13.0. The lowest BCUT2D eigenvalue weighted by Crippen LogP contribution is -2.57. The van der Waals surface area contributed by atoms with Gasteiger partial charge in [-0.1, -0.05) is 24.4 Å². The lowest BCUT2D eigenvalue weighted by molar-refractivity contribution is -0.0310. The van der Waals surface area contributed by atoms with E-state index in [0.717, 1.165) is 44.7 Å². The summed E-state index contributed by atoms with van der Waals surface area (Å²) < 4.78 is 5.49. The molecule has 1 aliphatic heterocycles. The molecule has 2 heterocycles. The number of morpholine rings is 1. The van der Waals surface area contributed by atoms with Crippen molar-refractivity contribution in [2.45, 2.75) is 37.3 Å². The first-order valence-electron chi connectivity index (χ1n) is 7.63. The topological polar surface area (TPSA) is 77.4 Å². The van der Waals surface area contributed by atoms with Crippen LogP contribution in [0.1, 0.15) is 37.3 Å². The Hall–Kier alpha value is -0.880. The Bertz CT molecular complexity index is 498. The van der Waals surface area contributed by atoms with Crippen LogP contribution in [0.5, 0.6) is 0 Å². The molecule has 0 bridgehead atoms. The predicted octanol–water partition coefficient (Wildman–Crippen LogP) is 1.96. The highest BCUT2D eigenvalue weighted by Crippen LogP contribution is 2.44. The smallest absolute Gasteiger partial charge is 0.128 e. The van der Waals surface area contributed by atoms with Gasteiger partial charge in [0.05, 0.1) is 24.3 Å². The number of halogens is 1. The fourth-order valence-corrected chi connectivity index (χ4v) is 3.99. The van der Waals surface area contributed by atoms with E-state index in [2.05, 4.69) is 9.88 Å². The molecule has 6 heteroatoms. The Balaban J connectivity index is 1.94. The molecule has 0 amide bonds. The Morgan fingerprint density at radius 3 is 2.62 bits per heavy atom. The maximum Gasteiger partial charge on any atom is 0.128 e. The molecule has 1 saturated carbocycles. The molecule has 1 saturated heterocycles. The van der Waals surface area contributed by atoms with Crippen molar-refractivity contribution >= 4 is 17.4 Å². The molecule has 5 nitrogen and oxygen atoms in total. The third kappa shape index (κ3) is 2.75. The quantitative estimate of drug-likeness (QED) is 0.892. The van der Waals surface area contributed by atoms with Crippen LogP contribution in [0.2, 0.25) is 5.02 Å². The zero-order chi connectivity index (χ0) is 14.9. The Kier molecular flexibility index (Phi) is 4.36. The number of nitrogens with two attached hydrogens (primary N) is 2.